The molecule has 0 aliphatic rings. The van der Waals surface area contributed by atoms with Crippen LogP contribution in [0.5, 0.6) is 0 Å². The van der Waals surface area contributed by atoms with E-state index in [1.165, 1.54) is 11.8 Å². The van der Waals surface area contributed by atoms with Gasteiger partial charge >= 0.3 is 0 Å². The smallest absolute Gasteiger partial charge is 0.277 e. The van der Waals surface area contributed by atoms with Gasteiger partial charge in [-0.15, -0.1) is 10.2 Å². The van der Waals surface area contributed by atoms with Crippen LogP contribution in [0.1, 0.15) is 24.9 Å². The van der Waals surface area contributed by atoms with Crippen LogP contribution in [0.15, 0.2) is 58.4 Å². The van der Waals surface area contributed by atoms with E-state index >= 15 is 0 Å². The fourth-order valence-electron chi connectivity index (χ4n) is 2.36. The Morgan fingerprint density at radius 1 is 1.19 bits per heavy atom. The standard InChI is InChI=1S/C18H17ClN4O2S/c1-2-15(12-3-5-14(19)6-4-12)21-16(24)11-26-18-23-22-17(25-18)13-7-9-20-10-8-13/h3-10,15H,2,11H2,1H3,(H,21,24). The number of benzene rings is 1. The van der Waals surface area contributed by atoms with Crippen molar-refractivity contribution in [2.75, 3.05) is 5.75 Å². The molecule has 3 aromatic rings. The molecular weight excluding hydrogens is 372 g/mol. The Kier molecular flexibility index (Phi) is 6.25. The van der Waals surface area contributed by atoms with Crippen molar-refractivity contribution < 1.29 is 9.21 Å². The average molecular weight is 389 g/mol. The van der Waals surface area contributed by atoms with Gasteiger partial charge in [-0.2, -0.15) is 0 Å². The van der Waals surface area contributed by atoms with Gasteiger partial charge in [-0.05, 0) is 36.2 Å². The number of halogens is 1. The molecule has 0 saturated carbocycles. The van der Waals surface area contributed by atoms with Crippen LogP contribution in [0.2, 0.25) is 5.02 Å². The number of hydrogen-bond acceptors (Lipinski definition) is 6. The van der Waals surface area contributed by atoms with Gasteiger partial charge in [0.1, 0.15) is 0 Å². The minimum absolute atomic E-state index is 0.0598. The third-order valence-corrected chi connectivity index (χ3v) is 4.75. The van der Waals surface area contributed by atoms with Crippen molar-refractivity contribution in [3.63, 3.8) is 0 Å². The van der Waals surface area contributed by atoms with Crippen LogP contribution in [0.4, 0.5) is 0 Å². The summed E-state index contributed by atoms with van der Waals surface area (Å²) in [6, 6.07) is 11.0. The fourth-order valence-corrected chi connectivity index (χ4v) is 3.06. The maximum Gasteiger partial charge on any atom is 0.277 e. The van der Waals surface area contributed by atoms with E-state index in [0.717, 1.165) is 17.5 Å². The monoisotopic (exact) mass is 388 g/mol. The van der Waals surface area contributed by atoms with Crippen LogP contribution >= 0.6 is 23.4 Å². The first-order valence-corrected chi connectivity index (χ1v) is 9.43. The van der Waals surface area contributed by atoms with Gasteiger partial charge in [0.2, 0.25) is 11.8 Å². The highest BCUT2D eigenvalue weighted by Gasteiger charge is 2.15. The van der Waals surface area contributed by atoms with Crippen LogP contribution in [0.25, 0.3) is 11.5 Å². The molecule has 1 amide bonds. The molecule has 0 saturated heterocycles. The molecule has 1 N–H and O–H groups in total. The van der Waals surface area contributed by atoms with Gasteiger partial charge in [0.15, 0.2) is 0 Å². The van der Waals surface area contributed by atoms with Gasteiger partial charge < -0.3 is 9.73 Å². The fraction of sp³-hybridized carbons (Fsp3) is 0.222. The normalized spacial score (nSPS) is 11.9. The van der Waals surface area contributed by atoms with E-state index in [2.05, 4.69) is 20.5 Å². The van der Waals surface area contributed by atoms with Gasteiger partial charge in [-0.3, -0.25) is 9.78 Å². The van der Waals surface area contributed by atoms with Gasteiger partial charge in [-0.25, -0.2) is 0 Å². The van der Waals surface area contributed by atoms with Crippen molar-refractivity contribution in [2.45, 2.75) is 24.6 Å². The molecule has 0 fully saturated rings. The summed E-state index contributed by atoms with van der Waals surface area (Å²) in [6.45, 7) is 2.02. The summed E-state index contributed by atoms with van der Waals surface area (Å²) in [6.07, 6.45) is 4.09. The van der Waals surface area contributed by atoms with Crippen LogP contribution in [0, 0.1) is 0 Å². The number of rotatable bonds is 7. The molecular formula is C18H17ClN4O2S. The number of carbonyl (C=O) groups is 1. The number of hydrogen-bond donors (Lipinski definition) is 1. The topological polar surface area (TPSA) is 80.9 Å². The summed E-state index contributed by atoms with van der Waals surface area (Å²) in [5.41, 5.74) is 1.81. The van der Waals surface area contributed by atoms with Crippen LogP contribution < -0.4 is 5.32 Å². The number of aromatic nitrogens is 3. The number of carbonyl (C=O) groups excluding carboxylic acids is 1. The number of amides is 1. The van der Waals surface area contributed by atoms with E-state index in [9.17, 15) is 4.79 Å². The zero-order valence-electron chi connectivity index (χ0n) is 14.1. The summed E-state index contributed by atoms with van der Waals surface area (Å²) in [4.78, 5) is 16.2. The summed E-state index contributed by atoms with van der Waals surface area (Å²) >= 11 is 7.12. The Labute approximate surface area is 160 Å². The molecule has 2 heterocycles. The first-order chi connectivity index (χ1) is 12.7. The van der Waals surface area contributed by atoms with Crippen molar-refractivity contribution >= 4 is 29.3 Å². The van der Waals surface area contributed by atoms with E-state index in [1.807, 2.05) is 31.2 Å². The molecule has 0 bridgehead atoms. The zero-order chi connectivity index (χ0) is 18.4. The van der Waals surface area contributed by atoms with Crippen LogP contribution in [-0.2, 0) is 4.79 Å². The van der Waals surface area contributed by atoms with Crippen LogP contribution in [0.3, 0.4) is 0 Å². The predicted octanol–water partition coefficient (Wildman–Crippen LogP) is 4.14. The molecule has 2 aromatic heterocycles. The maximum absolute atomic E-state index is 12.2. The van der Waals surface area contributed by atoms with Crippen molar-refractivity contribution in [2.24, 2.45) is 0 Å². The summed E-state index contributed by atoms with van der Waals surface area (Å²) < 4.78 is 5.57. The lowest BCUT2D eigenvalue weighted by Crippen LogP contribution is -2.29. The highest BCUT2D eigenvalue weighted by Crippen LogP contribution is 2.23. The second-order valence-electron chi connectivity index (χ2n) is 5.48. The molecule has 3 rings (SSSR count). The zero-order valence-corrected chi connectivity index (χ0v) is 15.6. The molecule has 0 spiro atoms. The summed E-state index contributed by atoms with van der Waals surface area (Å²) in [5.74, 6) is 0.505. The first-order valence-electron chi connectivity index (χ1n) is 8.07. The molecule has 0 aliphatic carbocycles. The number of nitrogens with one attached hydrogen (secondary N) is 1. The highest BCUT2D eigenvalue weighted by atomic mass is 35.5. The summed E-state index contributed by atoms with van der Waals surface area (Å²) in [5, 5.41) is 12.0. The third-order valence-electron chi connectivity index (χ3n) is 3.68. The van der Waals surface area contributed by atoms with E-state index in [0.29, 0.717) is 16.1 Å². The molecule has 6 nitrogen and oxygen atoms in total. The lowest BCUT2D eigenvalue weighted by Gasteiger charge is -2.17. The molecule has 1 atom stereocenters. The van der Waals surface area contributed by atoms with Gasteiger partial charge in [0.25, 0.3) is 5.22 Å². The second-order valence-corrected chi connectivity index (χ2v) is 6.84. The molecule has 134 valence electrons. The largest absolute Gasteiger partial charge is 0.411 e. The van der Waals surface area contributed by atoms with Gasteiger partial charge in [-0.1, -0.05) is 42.4 Å². The molecule has 1 unspecified atom stereocenters. The van der Waals surface area contributed by atoms with Crippen molar-refractivity contribution in [3.8, 4) is 11.5 Å². The van der Waals surface area contributed by atoms with Crippen molar-refractivity contribution in [1.82, 2.24) is 20.5 Å². The Hall–Kier alpha value is -2.38. The van der Waals surface area contributed by atoms with E-state index in [-0.39, 0.29) is 17.7 Å². The average Bonchev–Trinajstić information content (AvgIpc) is 3.15. The van der Waals surface area contributed by atoms with Crippen LogP contribution in [-0.4, -0.2) is 26.8 Å². The maximum atomic E-state index is 12.2. The SMILES string of the molecule is CCC(NC(=O)CSc1nnc(-c2ccncc2)o1)c1ccc(Cl)cc1. The molecule has 0 radical (unpaired) electrons. The Bertz CT molecular complexity index is 855. The highest BCUT2D eigenvalue weighted by molar-refractivity contribution is 7.99. The van der Waals surface area contributed by atoms with Gasteiger partial charge in [0.05, 0.1) is 11.8 Å². The molecule has 1 aromatic carbocycles. The Balaban J connectivity index is 1.55. The molecule has 26 heavy (non-hydrogen) atoms. The first kappa shape index (κ1) is 18.4. The number of nitrogens with zero attached hydrogens (tertiary/aromatic N) is 3. The summed E-state index contributed by atoms with van der Waals surface area (Å²) in [7, 11) is 0. The van der Waals surface area contributed by atoms with E-state index in [4.69, 9.17) is 16.0 Å². The van der Waals surface area contributed by atoms with Crippen molar-refractivity contribution in [3.05, 3.63) is 59.4 Å². The lowest BCUT2D eigenvalue weighted by atomic mass is 10.0. The lowest BCUT2D eigenvalue weighted by molar-refractivity contribution is -0.119. The second kappa shape index (κ2) is 8.82. The van der Waals surface area contributed by atoms with E-state index < -0.39 is 0 Å². The predicted molar refractivity (Wildman–Crippen MR) is 101 cm³/mol. The Morgan fingerprint density at radius 3 is 2.62 bits per heavy atom. The van der Waals surface area contributed by atoms with Gasteiger partial charge in [0, 0.05) is 23.0 Å². The minimum atomic E-state index is -0.0968. The molecule has 0 aliphatic heterocycles. The quantitative estimate of drug-likeness (QED) is 0.612. The molecule has 8 heteroatoms. The van der Waals surface area contributed by atoms with Crippen molar-refractivity contribution in [1.29, 1.82) is 0 Å². The minimum Gasteiger partial charge on any atom is -0.411 e. The number of pyridine rings is 1. The Morgan fingerprint density at radius 2 is 1.92 bits per heavy atom. The number of thioether (sulfide) groups is 1. The van der Waals surface area contributed by atoms with E-state index in [1.54, 1.807) is 24.5 Å². The third kappa shape index (κ3) is 4.83.